The molecular weight excluding hydrogens is 279 g/mol. The van der Waals surface area contributed by atoms with Gasteiger partial charge in [0.25, 0.3) is 0 Å². The quantitative estimate of drug-likeness (QED) is 0.896. The summed E-state index contributed by atoms with van der Waals surface area (Å²) >= 11 is 0. The van der Waals surface area contributed by atoms with Gasteiger partial charge in [0.15, 0.2) is 0 Å². The molecule has 120 valence electrons. The Bertz CT molecular complexity index is 512. The molecule has 0 spiro atoms. The molecule has 0 radical (unpaired) electrons. The smallest absolute Gasteiger partial charge is 0.223 e. The van der Waals surface area contributed by atoms with Crippen molar-refractivity contribution >= 4 is 5.91 Å². The summed E-state index contributed by atoms with van der Waals surface area (Å²) in [5.41, 5.74) is 7.01. The molecule has 0 aromatic heterocycles. The van der Waals surface area contributed by atoms with E-state index in [0.717, 1.165) is 44.1 Å². The number of carbonyl (C=O) groups excluding carboxylic acids is 1. The van der Waals surface area contributed by atoms with Crippen LogP contribution < -0.4 is 11.1 Å². The topological polar surface area (TPSA) is 55.1 Å². The number of carbonyl (C=O) groups is 1. The molecule has 1 aromatic rings. The summed E-state index contributed by atoms with van der Waals surface area (Å²) in [7, 11) is 0. The lowest BCUT2D eigenvalue weighted by molar-refractivity contribution is -0.127. The van der Waals surface area contributed by atoms with Gasteiger partial charge in [-0.3, -0.25) is 4.79 Å². The van der Waals surface area contributed by atoms with Crippen molar-refractivity contribution in [1.82, 2.24) is 5.32 Å². The minimum absolute atomic E-state index is 0.0139. The van der Waals surface area contributed by atoms with Crippen LogP contribution >= 0.6 is 0 Å². The van der Waals surface area contributed by atoms with Gasteiger partial charge in [0.05, 0.1) is 6.04 Å². The second kappa shape index (κ2) is 6.78. The molecule has 2 aliphatic carbocycles. The summed E-state index contributed by atoms with van der Waals surface area (Å²) in [6, 6.07) is 6.71. The Morgan fingerprint density at radius 2 is 1.82 bits per heavy atom. The maximum atomic E-state index is 13.1. The van der Waals surface area contributed by atoms with Gasteiger partial charge < -0.3 is 11.1 Å². The van der Waals surface area contributed by atoms with Crippen molar-refractivity contribution in [3.63, 3.8) is 0 Å². The summed E-state index contributed by atoms with van der Waals surface area (Å²) in [5, 5.41) is 3.23. The highest BCUT2D eigenvalue weighted by molar-refractivity contribution is 5.79. The van der Waals surface area contributed by atoms with E-state index < -0.39 is 0 Å². The third kappa shape index (κ3) is 3.49. The Morgan fingerprint density at radius 1 is 1.14 bits per heavy atom. The fourth-order valence-corrected chi connectivity index (χ4v) is 3.65. The third-order valence-electron chi connectivity index (χ3n) is 5.23. The summed E-state index contributed by atoms with van der Waals surface area (Å²) in [4.78, 5) is 12.6. The molecule has 2 fully saturated rings. The largest absolute Gasteiger partial charge is 0.349 e. The second-order valence-corrected chi connectivity index (χ2v) is 6.85. The molecule has 3 atom stereocenters. The molecule has 2 aliphatic rings. The predicted molar refractivity (Wildman–Crippen MR) is 84.6 cm³/mol. The maximum Gasteiger partial charge on any atom is 0.223 e. The fourth-order valence-electron chi connectivity index (χ4n) is 3.65. The van der Waals surface area contributed by atoms with E-state index in [9.17, 15) is 9.18 Å². The first kappa shape index (κ1) is 15.5. The first-order chi connectivity index (χ1) is 10.6. The monoisotopic (exact) mass is 304 g/mol. The Morgan fingerprint density at radius 3 is 2.41 bits per heavy atom. The van der Waals surface area contributed by atoms with Crippen LogP contribution in [0.3, 0.4) is 0 Å². The summed E-state index contributed by atoms with van der Waals surface area (Å²) in [6.07, 6.45) is 7.25. The van der Waals surface area contributed by atoms with Gasteiger partial charge in [-0.15, -0.1) is 0 Å². The third-order valence-corrected chi connectivity index (χ3v) is 5.23. The Labute approximate surface area is 131 Å². The molecule has 3 rings (SSSR count). The van der Waals surface area contributed by atoms with Crippen LogP contribution in [-0.4, -0.2) is 11.9 Å². The number of nitrogens with one attached hydrogen (secondary N) is 1. The molecule has 1 aromatic carbocycles. The van der Waals surface area contributed by atoms with Crippen LogP contribution in [0.4, 0.5) is 4.39 Å². The molecule has 4 heteroatoms. The molecule has 1 amide bonds. The van der Waals surface area contributed by atoms with Crippen molar-refractivity contribution < 1.29 is 9.18 Å². The van der Waals surface area contributed by atoms with Gasteiger partial charge in [-0.1, -0.05) is 25.0 Å². The Balaban J connectivity index is 1.69. The fraction of sp³-hybridized carbons (Fsp3) is 0.611. The van der Waals surface area contributed by atoms with E-state index in [2.05, 4.69) is 5.32 Å². The molecule has 3 unspecified atom stereocenters. The van der Waals surface area contributed by atoms with Crippen LogP contribution in [0.5, 0.6) is 0 Å². The van der Waals surface area contributed by atoms with Gasteiger partial charge in [-0.2, -0.15) is 0 Å². The minimum Gasteiger partial charge on any atom is -0.349 e. The van der Waals surface area contributed by atoms with Crippen LogP contribution in [0.2, 0.25) is 0 Å². The van der Waals surface area contributed by atoms with E-state index in [1.54, 1.807) is 12.1 Å². The van der Waals surface area contributed by atoms with Crippen molar-refractivity contribution in [2.45, 2.75) is 57.0 Å². The highest BCUT2D eigenvalue weighted by atomic mass is 19.1. The van der Waals surface area contributed by atoms with Gasteiger partial charge in [0.1, 0.15) is 5.82 Å². The van der Waals surface area contributed by atoms with E-state index in [0.29, 0.717) is 5.92 Å². The second-order valence-electron chi connectivity index (χ2n) is 6.85. The lowest BCUT2D eigenvalue weighted by Crippen LogP contribution is -2.42. The summed E-state index contributed by atoms with van der Waals surface area (Å²) < 4.78 is 13.1. The number of hydrogen-bond donors (Lipinski definition) is 2. The molecule has 0 heterocycles. The number of benzene rings is 1. The lowest BCUT2D eigenvalue weighted by atomic mass is 9.76. The predicted octanol–water partition coefficient (Wildman–Crippen LogP) is 3.30. The number of nitrogens with two attached hydrogens (primary N) is 1. The average molecular weight is 304 g/mol. The molecule has 3 N–H and O–H groups in total. The van der Waals surface area contributed by atoms with Crippen LogP contribution in [0.25, 0.3) is 0 Å². The molecule has 0 bridgehead atoms. The molecular formula is C18H25FN2O. The zero-order valence-electron chi connectivity index (χ0n) is 12.9. The van der Waals surface area contributed by atoms with Gasteiger partial charge in [-0.05, 0) is 55.7 Å². The van der Waals surface area contributed by atoms with E-state index in [1.165, 1.54) is 18.6 Å². The Kier molecular flexibility index (Phi) is 4.77. The number of amides is 1. The van der Waals surface area contributed by atoms with Crippen molar-refractivity contribution in [3.05, 3.63) is 35.6 Å². The van der Waals surface area contributed by atoms with E-state index in [1.807, 2.05) is 0 Å². The first-order valence-corrected chi connectivity index (χ1v) is 8.45. The van der Waals surface area contributed by atoms with Crippen molar-refractivity contribution in [2.24, 2.45) is 17.6 Å². The minimum atomic E-state index is -0.235. The van der Waals surface area contributed by atoms with Crippen molar-refractivity contribution in [1.29, 1.82) is 0 Å². The standard InChI is InChI=1S/C18H25FN2O/c19-15-9-7-13(8-10-15)17(12-3-1-4-12)21-18(22)14-5-2-6-16(20)11-14/h7-10,12,14,16-17H,1-6,11,20H2,(H,21,22). The Hall–Kier alpha value is -1.42. The van der Waals surface area contributed by atoms with Crippen molar-refractivity contribution in [2.75, 3.05) is 0 Å². The van der Waals surface area contributed by atoms with Crippen LogP contribution in [-0.2, 0) is 4.79 Å². The number of hydrogen-bond acceptors (Lipinski definition) is 2. The average Bonchev–Trinajstić information content (AvgIpc) is 2.45. The highest BCUT2D eigenvalue weighted by Gasteiger charge is 2.32. The van der Waals surface area contributed by atoms with E-state index in [-0.39, 0.29) is 29.7 Å². The van der Waals surface area contributed by atoms with Crippen molar-refractivity contribution in [3.8, 4) is 0 Å². The van der Waals surface area contributed by atoms with Crippen LogP contribution in [0, 0.1) is 17.7 Å². The zero-order valence-corrected chi connectivity index (χ0v) is 12.9. The molecule has 2 saturated carbocycles. The zero-order chi connectivity index (χ0) is 15.5. The number of rotatable bonds is 4. The van der Waals surface area contributed by atoms with E-state index in [4.69, 9.17) is 5.73 Å². The van der Waals surface area contributed by atoms with Crippen LogP contribution in [0.1, 0.15) is 56.6 Å². The molecule has 22 heavy (non-hydrogen) atoms. The SMILES string of the molecule is NC1CCCC(C(=O)NC(c2ccc(F)cc2)C2CCC2)C1. The molecule has 3 nitrogen and oxygen atoms in total. The summed E-state index contributed by atoms with van der Waals surface area (Å²) in [6.45, 7) is 0. The highest BCUT2D eigenvalue weighted by Crippen LogP contribution is 2.38. The van der Waals surface area contributed by atoms with Crippen LogP contribution in [0.15, 0.2) is 24.3 Å². The van der Waals surface area contributed by atoms with Gasteiger partial charge in [0.2, 0.25) is 5.91 Å². The summed E-state index contributed by atoms with van der Waals surface area (Å²) in [5.74, 6) is 0.399. The van der Waals surface area contributed by atoms with Gasteiger partial charge in [-0.25, -0.2) is 4.39 Å². The van der Waals surface area contributed by atoms with E-state index >= 15 is 0 Å². The van der Waals surface area contributed by atoms with Gasteiger partial charge >= 0.3 is 0 Å². The number of halogens is 1. The first-order valence-electron chi connectivity index (χ1n) is 8.45. The maximum absolute atomic E-state index is 13.1. The lowest BCUT2D eigenvalue weighted by Gasteiger charge is -2.36. The molecule has 0 saturated heterocycles. The van der Waals surface area contributed by atoms with Gasteiger partial charge in [0, 0.05) is 12.0 Å². The molecule has 0 aliphatic heterocycles. The normalized spacial score (nSPS) is 27.0.